The molecule has 0 amide bonds. The molecule has 0 bridgehead atoms. The van der Waals surface area contributed by atoms with Gasteiger partial charge in [-0.3, -0.25) is 4.55 Å². The molecule has 0 radical (unpaired) electrons. The van der Waals surface area contributed by atoms with E-state index in [4.69, 9.17) is 34.2 Å². The van der Waals surface area contributed by atoms with E-state index >= 15 is 0 Å². The lowest BCUT2D eigenvalue weighted by atomic mass is 10.1. The Kier molecular flexibility index (Phi) is 10.4. The Morgan fingerprint density at radius 2 is 1.30 bits per heavy atom. The van der Waals surface area contributed by atoms with E-state index < -0.39 is 15.0 Å². The second-order valence-electron chi connectivity index (χ2n) is 8.82. The standard InChI is InChI=1S/C26H20Cl2N10O6S2/c27-21-33-23(29)37-24(34-21)32-18-11-9-15(20(13-18)46(40,41)42)7-6-14-8-10-17(12-19(14)45-44-43-39)31-26-36-22(28)35-25(38-26)30-16-4-2-1-3-5-16/h1-13,39H,(H,40,41,42)(H3,29,32,33,34,37)(H2,30,31,35,36,38)/b7-6+. The van der Waals surface area contributed by atoms with Gasteiger partial charge in [-0.2, -0.15) is 38.3 Å². The summed E-state index contributed by atoms with van der Waals surface area (Å²) in [6.07, 6.45) is 3.00. The monoisotopic (exact) mass is 702 g/mol. The maximum atomic E-state index is 12.3. The highest BCUT2D eigenvalue weighted by atomic mass is 35.5. The number of hydrogen-bond acceptors (Lipinski definition) is 16. The number of halogens is 2. The Morgan fingerprint density at radius 1 is 0.739 bits per heavy atom. The summed E-state index contributed by atoms with van der Waals surface area (Å²) >= 11 is 12.6. The van der Waals surface area contributed by atoms with Crippen molar-refractivity contribution in [1.29, 1.82) is 0 Å². The van der Waals surface area contributed by atoms with E-state index in [2.05, 4.69) is 55.2 Å². The fourth-order valence-electron chi connectivity index (χ4n) is 3.82. The van der Waals surface area contributed by atoms with Crippen LogP contribution in [0.5, 0.6) is 0 Å². The summed E-state index contributed by atoms with van der Waals surface area (Å²) in [4.78, 5) is 23.9. The molecule has 0 aliphatic heterocycles. The van der Waals surface area contributed by atoms with Gasteiger partial charge in [0.2, 0.25) is 34.4 Å². The van der Waals surface area contributed by atoms with E-state index in [-0.39, 0.29) is 45.6 Å². The number of hydrogen-bond donors (Lipinski definition) is 6. The van der Waals surface area contributed by atoms with Gasteiger partial charge in [0.05, 0.1) is 12.0 Å². The first kappa shape index (κ1) is 32.7. The number of benzene rings is 3. The molecule has 0 aliphatic carbocycles. The third kappa shape index (κ3) is 8.96. The zero-order valence-corrected chi connectivity index (χ0v) is 26.0. The molecule has 0 fully saturated rings. The second-order valence-corrected chi connectivity index (χ2v) is 11.6. The Hall–Kier alpha value is -4.66. The number of rotatable bonds is 12. The molecule has 2 aromatic heterocycles. The molecule has 3 aromatic carbocycles. The Morgan fingerprint density at radius 3 is 1.93 bits per heavy atom. The molecule has 7 N–H and O–H groups in total. The average Bonchev–Trinajstić information content (AvgIpc) is 2.99. The fourth-order valence-corrected chi connectivity index (χ4v) is 5.37. The van der Waals surface area contributed by atoms with Crippen molar-refractivity contribution >= 4 is 98.4 Å². The molecule has 0 aliphatic rings. The maximum Gasteiger partial charge on any atom is 0.295 e. The van der Waals surface area contributed by atoms with Crippen molar-refractivity contribution in [3.05, 3.63) is 88.4 Å². The van der Waals surface area contributed by atoms with Gasteiger partial charge >= 0.3 is 0 Å². The van der Waals surface area contributed by atoms with E-state index in [1.807, 2.05) is 30.3 Å². The topological polar surface area (TPSA) is 233 Å². The normalized spacial score (nSPS) is 11.5. The van der Waals surface area contributed by atoms with Crippen LogP contribution in [-0.2, 0) is 19.5 Å². The molecule has 0 saturated heterocycles. The van der Waals surface area contributed by atoms with Crippen molar-refractivity contribution < 1.29 is 27.6 Å². The first-order valence-electron chi connectivity index (χ1n) is 12.6. The molecule has 46 heavy (non-hydrogen) atoms. The van der Waals surface area contributed by atoms with Crippen LogP contribution in [0.1, 0.15) is 11.1 Å². The predicted octanol–water partition coefficient (Wildman–Crippen LogP) is 6.02. The molecule has 5 rings (SSSR count). The van der Waals surface area contributed by atoms with Crippen molar-refractivity contribution in [2.24, 2.45) is 0 Å². The fraction of sp³-hybridized carbons (Fsp3) is 0. The summed E-state index contributed by atoms with van der Waals surface area (Å²) in [5.74, 6) is 0.152. The average molecular weight is 704 g/mol. The summed E-state index contributed by atoms with van der Waals surface area (Å²) in [5, 5.41) is 21.1. The van der Waals surface area contributed by atoms with Crippen LogP contribution < -0.4 is 21.7 Å². The van der Waals surface area contributed by atoms with Crippen molar-refractivity contribution in [3.63, 3.8) is 0 Å². The summed E-state index contributed by atoms with van der Waals surface area (Å²) in [6.45, 7) is 0. The van der Waals surface area contributed by atoms with Gasteiger partial charge in [-0.05, 0) is 70.7 Å². The van der Waals surface area contributed by atoms with Gasteiger partial charge < -0.3 is 21.7 Å². The van der Waals surface area contributed by atoms with Gasteiger partial charge in [-0.15, -0.1) is 4.33 Å². The number of nitrogens with two attached hydrogens (primary N) is 1. The molecule has 0 atom stereocenters. The largest absolute Gasteiger partial charge is 0.368 e. The summed E-state index contributed by atoms with van der Waals surface area (Å²) in [6, 6.07) is 18.3. The van der Waals surface area contributed by atoms with Gasteiger partial charge in [0.1, 0.15) is 4.90 Å². The second kappa shape index (κ2) is 14.6. The molecular formula is C26H20Cl2N10O6S2. The zero-order chi connectivity index (χ0) is 32.7. The molecule has 5 aromatic rings. The van der Waals surface area contributed by atoms with Crippen LogP contribution in [0.25, 0.3) is 12.2 Å². The number of nitrogens with one attached hydrogen (secondary N) is 3. The Labute approximate surface area is 274 Å². The van der Waals surface area contributed by atoms with Crippen molar-refractivity contribution in [2.45, 2.75) is 9.79 Å². The lowest BCUT2D eigenvalue weighted by molar-refractivity contribution is -0.432. The van der Waals surface area contributed by atoms with Crippen LogP contribution >= 0.6 is 35.2 Å². The van der Waals surface area contributed by atoms with Crippen LogP contribution in [0.15, 0.2) is 76.5 Å². The van der Waals surface area contributed by atoms with Gasteiger partial charge in [0, 0.05) is 22.0 Å². The molecule has 0 spiro atoms. The summed E-state index contributed by atoms with van der Waals surface area (Å²) < 4.78 is 39.1. The number of anilines is 7. The van der Waals surface area contributed by atoms with Gasteiger partial charge in [-0.25, -0.2) is 5.26 Å². The molecule has 0 unspecified atom stereocenters. The number of nitrogens with zero attached hydrogens (tertiary/aromatic N) is 6. The minimum absolute atomic E-state index is 0.0355. The van der Waals surface area contributed by atoms with Gasteiger partial charge in [0.15, 0.2) is 0 Å². The van der Waals surface area contributed by atoms with E-state index in [0.717, 1.165) is 5.69 Å². The van der Waals surface area contributed by atoms with Crippen molar-refractivity contribution in [1.82, 2.24) is 29.9 Å². The summed E-state index contributed by atoms with van der Waals surface area (Å²) in [5.41, 5.74) is 7.66. The van der Waals surface area contributed by atoms with Gasteiger partial charge in [-0.1, -0.05) is 47.5 Å². The smallest absolute Gasteiger partial charge is 0.295 e. The molecule has 0 saturated carbocycles. The predicted molar refractivity (Wildman–Crippen MR) is 173 cm³/mol. The van der Waals surface area contributed by atoms with Crippen molar-refractivity contribution in [3.8, 4) is 0 Å². The first-order chi connectivity index (χ1) is 22.1. The first-order valence-corrected chi connectivity index (χ1v) is 15.5. The molecular weight excluding hydrogens is 683 g/mol. The minimum atomic E-state index is -4.68. The quantitative estimate of drug-likeness (QED) is 0.0286. The molecule has 236 valence electrons. The van der Waals surface area contributed by atoms with Crippen LogP contribution in [-0.4, -0.2) is 48.1 Å². The van der Waals surface area contributed by atoms with Crippen LogP contribution in [0, 0.1) is 0 Å². The molecule has 20 heteroatoms. The zero-order valence-electron chi connectivity index (χ0n) is 22.9. The highest BCUT2D eigenvalue weighted by Gasteiger charge is 2.16. The van der Waals surface area contributed by atoms with E-state index in [1.165, 1.54) is 24.3 Å². The van der Waals surface area contributed by atoms with Crippen LogP contribution in [0.2, 0.25) is 10.6 Å². The SMILES string of the molecule is Nc1nc(Cl)nc(Nc2ccc(/C=C/c3ccc(Nc4nc(Cl)nc(Nc5ccccc5)n4)cc3SOOO)c(S(=O)(=O)O)c2)n1. The van der Waals surface area contributed by atoms with Crippen molar-refractivity contribution in [2.75, 3.05) is 21.7 Å². The lowest BCUT2D eigenvalue weighted by Crippen LogP contribution is -2.05. The third-order valence-corrected chi connectivity index (χ3v) is 7.59. The van der Waals surface area contributed by atoms with E-state index in [1.54, 1.807) is 24.3 Å². The van der Waals surface area contributed by atoms with E-state index in [0.29, 0.717) is 28.2 Å². The Bertz CT molecular complexity index is 1990. The molecule has 2 heterocycles. The Balaban J connectivity index is 1.40. The number of nitrogen functional groups attached to an aromatic ring is 1. The number of para-hydroxylation sites is 1. The number of aromatic nitrogens is 6. The van der Waals surface area contributed by atoms with Gasteiger partial charge in [0.25, 0.3) is 10.1 Å². The maximum absolute atomic E-state index is 12.3. The van der Waals surface area contributed by atoms with Crippen LogP contribution in [0.4, 0.5) is 40.9 Å². The van der Waals surface area contributed by atoms with Crippen LogP contribution in [0.3, 0.4) is 0 Å². The summed E-state index contributed by atoms with van der Waals surface area (Å²) in [7, 11) is -4.68. The highest BCUT2D eigenvalue weighted by molar-refractivity contribution is 7.94. The minimum Gasteiger partial charge on any atom is -0.368 e. The third-order valence-electron chi connectivity index (χ3n) is 5.68. The molecule has 16 nitrogen and oxygen atoms in total. The van der Waals surface area contributed by atoms with E-state index in [9.17, 15) is 13.0 Å². The highest BCUT2D eigenvalue weighted by Crippen LogP contribution is 2.31. The lowest BCUT2D eigenvalue weighted by Gasteiger charge is -2.11.